The molecule has 1 atom stereocenters. The number of nitrogens with one attached hydrogen (secondary N) is 3. The zero-order chi connectivity index (χ0) is 24.9. The number of nitro benzene ring substituents is 1. The molecular weight excluding hydrogens is 465 g/mol. The number of benzene rings is 1. The summed E-state index contributed by atoms with van der Waals surface area (Å²) in [6, 6.07) is 8.34. The molecule has 184 valence electrons. The zero-order valence-corrected chi connectivity index (χ0v) is 19.0. The number of carboxylic acids is 1. The average molecular weight is 496 g/mol. The summed E-state index contributed by atoms with van der Waals surface area (Å²) in [5.74, 6) is -1.22. The third-order valence-electron chi connectivity index (χ3n) is 4.95. The molecule has 0 spiro atoms. The summed E-state index contributed by atoms with van der Waals surface area (Å²) in [7, 11) is 0. The molecule has 0 radical (unpaired) electrons. The molecule has 35 heavy (non-hydrogen) atoms. The van der Waals surface area contributed by atoms with Crippen molar-refractivity contribution < 1.29 is 24.4 Å². The standard InChI is InChI=1S/C23H29N5O6.Na.H/c1-16-9-11-25-20(12-16)24-10-4-2-3-8-21(29)26-15-22(30)27-19(14-23(31)32)17-6-5-7-18(13-17)28(33)34;;/h5-7,9,11-13,19H,2-4,8,10,14-15H2,1H3,(H,24,25)(H,26,29)(H,27,30)(H,31,32);;. The Labute approximate surface area is 225 Å². The van der Waals surface area contributed by atoms with E-state index in [9.17, 15) is 24.5 Å². The van der Waals surface area contributed by atoms with Crippen LogP contribution in [-0.2, 0) is 14.4 Å². The minimum atomic E-state index is -1.17. The molecule has 1 aromatic carbocycles. The summed E-state index contributed by atoms with van der Waals surface area (Å²) in [6.07, 6.45) is 3.90. The van der Waals surface area contributed by atoms with Gasteiger partial charge in [-0.2, -0.15) is 0 Å². The average Bonchev–Trinajstić information content (AvgIpc) is 2.79. The first-order valence-corrected chi connectivity index (χ1v) is 10.9. The van der Waals surface area contributed by atoms with E-state index in [0.29, 0.717) is 12.0 Å². The van der Waals surface area contributed by atoms with Gasteiger partial charge in [0.15, 0.2) is 0 Å². The van der Waals surface area contributed by atoms with Crippen molar-refractivity contribution in [2.75, 3.05) is 18.4 Å². The van der Waals surface area contributed by atoms with E-state index in [1.807, 2.05) is 19.1 Å². The first-order chi connectivity index (χ1) is 16.2. The Balaban J connectivity index is 0.00000612. The van der Waals surface area contributed by atoms with Gasteiger partial charge in [0, 0.05) is 31.3 Å². The van der Waals surface area contributed by atoms with Crippen molar-refractivity contribution >= 4 is 58.8 Å². The molecule has 1 aromatic heterocycles. The third-order valence-corrected chi connectivity index (χ3v) is 4.95. The zero-order valence-electron chi connectivity index (χ0n) is 19.0. The van der Waals surface area contributed by atoms with E-state index >= 15 is 0 Å². The van der Waals surface area contributed by atoms with Gasteiger partial charge in [-0.3, -0.25) is 24.5 Å². The summed E-state index contributed by atoms with van der Waals surface area (Å²) in [5.41, 5.74) is 1.21. The van der Waals surface area contributed by atoms with Crippen LogP contribution in [0.15, 0.2) is 42.6 Å². The van der Waals surface area contributed by atoms with Crippen LogP contribution >= 0.6 is 0 Å². The quantitative estimate of drug-likeness (QED) is 0.134. The van der Waals surface area contributed by atoms with Crippen molar-refractivity contribution in [3.63, 3.8) is 0 Å². The molecule has 0 fully saturated rings. The summed E-state index contributed by atoms with van der Waals surface area (Å²) in [5, 5.41) is 28.4. The summed E-state index contributed by atoms with van der Waals surface area (Å²) < 4.78 is 0. The molecule has 0 aliphatic heterocycles. The molecular formula is C23H30N5NaO6. The molecule has 0 aliphatic carbocycles. The fraction of sp³-hybridized carbons (Fsp3) is 0.391. The van der Waals surface area contributed by atoms with Crippen LogP contribution in [0.25, 0.3) is 0 Å². The molecule has 0 saturated heterocycles. The molecule has 11 nitrogen and oxygen atoms in total. The Morgan fingerprint density at radius 3 is 2.57 bits per heavy atom. The van der Waals surface area contributed by atoms with Crippen LogP contribution < -0.4 is 16.0 Å². The van der Waals surface area contributed by atoms with Crippen LogP contribution in [0, 0.1) is 17.0 Å². The van der Waals surface area contributed by atoms with E-state index < -0.39 is 29.3 Å². The van der Waals surface area contributed by atoms with Gasteiger partial charge in [0.2, 0.25) is 11.8 Å². The number of nitrogens with zero attached hydrogens (tertiary/aromatic N) is 2. The number of aryl methyl sites for hydroxylation is 1. The molecule has 12 heteroatoms. The van der Waals surface area contributed by atoms with Crippen LogP contribution in [-0.4, -0.2) is 75.4 Å². The Bertz CT molecular complexity index is 1020. The Morgan fingerprint density at radius 1 is 1.11 bits per heavy atom. The fourth-order valence-corrected chi connectivity index (χ4v) is 3.23. The normalized spacial score (nSPS) is 11.0. The molecule has 0 aliphatic rings. The summed E-state index contributed by atoms with van der Waals surface area (Å²) in [6.45, 7) is 2.42. The summed E-state index contributed by atoms with van der Waals surface area (Å²) in [4.78, 5) is 50.0. The number of non-ortho nitro benzene ring substituents is 1. The fourth-order valence-electron chi connectivity index (χ4n) is 3.23. The van der Waals surface area contributed by atoms with Gasteiger partial charge in [-0.1, -0.05) is 18.6 Å². The third kappa shape index (κ3) is 11.8. The second-order valence-electron chi connectivity index (χ2n) is 7.80. The van der Waals surface area contributed by atoms with Gasteiger partial charge in [0.05, 0.1) is 23.9 Å². The van der Waals surface area contributed by atoms with Gasteiger partial charge < -0.3 is 21.1 Å². The van der Waals surface area contributed by atoms with Gasteiger partial charge in [-0.05, 0) is 43.0 Å². The predicted octanol–water partition coefficient (Wildman–Crippen LogP) is 2.07. The molecule has 2 amide bonds. The molecule has 1 heterocycles. The van der Waals surface area contributed by atoms with Crippen LogP contribution in [0.2, 0.25) is 0 Å². The van der Waals surface area contributed by atoms with E-state index in [2.05, 4.69) is 20.9 Å². The monoisotopic (exact) mass is 495 g/mol. The van der Waals surface area contributed by atoms with Crippen LogP contribution in [0.1, 0.15) is 49.3 Å². The van der Waals surface area contributed by atoms with Crippen LogP contribution in [0.5, 0.6) is 0 Å². The second kappa shape index (κ2) is 15.8. The summed E-state index contributed by atoms with van der Waals surface area (Å²) >= 11 is 0. The maximum absolute atomic E-state index is 12.2. The first kappa shape index (κ1) is 30.0. The van der Waals surface area contributed by atoms with Crippen molar-refractivity contribution in [1.29, 1.82) is 0 Å². The number of hydrogen-bond acceptors (Lipinski definition) is 7. The van der Waals surface area contributed by atoms with E-state index in [1.165, 1.54) is 24.3 Å². The van der Waals surface area contributed by atoms with Gasteiger partial charge in [-0.25, -0.2) is 4.98 Å². The van der Waals surface area contributed by atoms with E-state index in [1.54, 1.807) is 6.20 Å². The Kier molecular flexibility index (Phi) is 13.5. The van der Waals surface area contributed by atoms with Gasteiger partial charge in [-0.15, -0.1) is 0 Å². The maximum atomic E-state index is 12.2. The number of aromatic nitrogens is 1. The predicted molar refractivity (Wildman–Crippen MR) is 132 cm³/mol. The Hall–Kier alpha value is -3.02. The Morgan fingerprint density at radius 2 is 1.89 bits per heavy atom. The van der Waals surface area contributed by atoms with Crippen LogP contribution in [0.3, 0.4) is 0 Å². The number of rotatable bonds is 14. The van der Waals surface area contributed by atoms with E-state index in [-0.39, 0.29) is 54.1 Å². The second-order valence-corrected chi connectivity index (χ2v) is 7.80. The van der Waals surface area contributed by atoms with Gasteiger partial charge >= 0.3 is 35.5 Å². The molecule has 4 N–H and O–H groups in total. The SMILES string of the molecule is Cc1ccnc(NCCCCCC(=O)NCC(=O)NC(CC(=O)O)c2cccc([N+](=O)[O-])c2)c1.[NaH]. The number of nitro groups is 1. The van der Waals surface area contributed by atoms with E-state index in [0.717, 1.165) is 30.8 Å². The van der Waals surface area contributed by atoms with Crippen molar-refractivity contribution in [2.45, 2.75) is 45.1 Å². The van der Waals surface area contributed by atoms with Gasteiger partial charge in [0.25, 0.3) is 5.69 Å². The number of hydrogen-bond donors (Lipinski definition) is 4. The minimum absolute atomic E-state index is 0. The molecule has 0 bridgehead atoms. The van der Waals surface area contributed by atoms with Crippen molar-refractivity contribution in [3.8, 4) is 0 Å². The number of aliphatic carboxylic acids is 1. The number of pyridine rings is 1. The molecule has 2 rings (SSSR count). The van der Waals surface area contributed by atoms with Crippen molar-refractivity contribution in [1.82, 2.24) is 15.6 Å². The van der Waals surface area contributed by atoms with E-state index in [4.69, 9.17) is 5.11 Å². The number of anilines is 1. The number of amides is 2. The molecule has 2 aromatic rings. The van der Waals surface area contributed by atoms with Gasteiger partial charge in [0.1, 0.15) is 5.82 Å². The number of carbonyl (C=O) groups is 3. The number of unbranched alkanes of at least 4 members (excludes halogenated alkanes) is 2. The number of carbonyl (C=O) groups excluding carboxylic acids is 2. The first-order valence-electron chi connectivity index (χ1n) is 10.9. The molecule has 0 saturated carbocycles. The van der Waals surface area contributed by atoms with Crippen molar-refractivity contribution in [3.05, 3.63) is 63.8 Å². The number of carboxylic acid groups (broad SMARTS) is 1. The van der Waals surface area contributed by atoms with Crippen molar-refractivity contribution in [2.24, 2.45) is 0 Å². The molecule has 1 unspecified atom stereocenters. The van der Waals surface area contributed by atoms with Crippen LogP contribution in [0.4, 0.5) is 11.5 Å². The topological polar surface area (TPSA) is 164 Å².